The number of piperazine rings is 1. The van der Waals surface area contributed by atoms with Crippen LogP contribution in [0, 0.1) is 5.92 Å². The van der Waals surface area contributed by atoms with Crippen LogP contribution in [0.15, 0.2) is 42.6 Å². The molecule has 1 saturated carbocycles. The molecule has 1 saturated heterocycles. The van der Waals surface area contributed by atoms with Crippen molar-refractivity contribution in [3.8, 4) is 0 Å². The summed E-state index contributed by atoms with van der Waals surface area (Å²) in [6, 6.07) is 11.4. The predicted molar refractivity (Wildman–Crippen MR) is 169 cm³/mol. The zero-order chi connectivity index (χ0) is 31.0. The van der Waals surface area contributed by atoms with E-state index in [0.29, 0.717) is 37.4 Å². The third-order valence-corrected chi connectivity index (χ3v) is 8.82. The lowest BCUT2D eigenvalue weighted by molar-refractivity contribution is 0.0941. The molecule has 0 radical (unpaired) electrons. The van der Waals surface area contributed by atoms with E-state index in [9.17, 15) is 14.4 Å². The number of hydrogen-bond acceptors (Lipinski definition) is 7. The van der Waals surface area contributed by atoms with Gasteiger partial charge in [-0.2, -0.15) is 5.10 Å². The molecule has 2 N–H and O–H groups in total. The molecular formula is C33H42N8O3. The number of nitrogens with one attached hydrogen (secondary N) is 2. The Balaban J connectivity index is 1.12. The van der Waals surface area contributed by atoms with Gasteiger partial charge in [-0.3, -0.25) is 14.3 Å². The molecule has 232 valence electrons. The zero-order valence-corrected chi connectivity index (χ0v) is 26.0. The minimum atomic E-state index is -0.222. The molecule has 11 heteroatoms. The van der Waals surface area contributed by atoms with Crippen LogP contribution in [0.2, 0.25) is 0 Å². The molecule has 3 aliphatic rings. The number of ketones is 1. The number of amides is 3. The quantitative estimate of drug-likeness (QED) is 0.372. The number of aromatic nitrogens is 3. The number of fused-ring (bicyclic) bond motifs is 1. The molecule has 3 amide bonds. The van der Waals surface area contributed by atoms with Crippen LogP contribution in [0.3, 0.4) is 0 Å². The summed E-state index contributed by atoms with van der Waals surface area (Å²) in [6.45, 7) is 11.1. The standard InChI is InChI=1S/C33H42N8O3/c1-21(2)41-30-22(3)19-40(28-12-9-25(18-34-28)31(42)24-7-8-24)20-27(30)29(37-41)32(43)35-17-23-5-10-26(11-6-23)36-33(44)39-15-13-38(4)14-16-39/h5-6,9-12,18,21-22,24H,7-8,13-17,19-20H2,1-4H3,(H,35,43)(H,36,44)/t22-/m0/s1. The van der Waals surface area contributed by atoms with Crippen molar-refractivity contribution in [1.82, 2.24) is 29.9 Å². The largest absolute Gasteiger partial charge is 0.351 e. The number of Topliss-reactive ketones (excluding diaryl/α,β-unsaturated/α-hetero) is 1. The monoisotopic (exact) mass is 598 g/mol. The van der Waals surface area contributed by atoms with E-state index < -0.39 is 0 Å². The summed E-state index contributed by atoms with van der Waals surface area (Å²) in [5.74, 6) is 1.05. The van der Waals surface area contributed by atoms with E-state index in [1.807, 2.05) is 46.0 Å². The molecule has 0 spiro atoms. The van der Waals surface area contributed by atoms with Gasteiger partial charge in [0.2, 0.25) is 0 Å². The van der Waals surface area contributed by atoms with E-state index >= 15 is 0 Å². The fourth-order valence-corrected chi connectivity index (χ4v) is 6.07. The summed E-state index contributed by atoms with van der Waals surface area (Å²) in [6.07, 6.45) is 3.63. The van der Waals surface area contributed by atoms with Gasteiger partial charge in [-0.1, -0.05) is 19.1 Å². The van der Waals surface area contributed by atoms with Crippen molar-refractivity contribution in [2.45, 2.75) is 58.7 Å². The number of anilines is 2. The van der Waals surface area contributed by atoms with Gasteiger partial charge < -0.3 is 25.3 Å². The van der Waals surface area contributed by atoms with Gasteiger partial charge in [0.15, 0.2) is 11.5 Å². The smallest absolute Gasteiger partial charge is 0.321 e. The molecule has 11 nitrogen and oxygen atoms in total. The first-order chi connectivity index (χ1) is 21.2. The minimum absolute atomic E-state index is 0.0918. The Labute approximate surface area is 258 Å². The van der Waals surface area contributed by atoms with Crippen molar-refractivity contribution in [1.29, 1.82) is 0 Å². The summed E-state index contributed by atoms with van der Waals surface area (Å²) in [7, 11) is 2.06. The number of hydrogen-bond donors (Lipinski definition) is 2. The SMILES string of the molecule is CC(C)n1nc(C(=O)NCc2ccc(NC(=O)N3CCN(C)CC3)cc2)c2c1[C@@H](C)CN(c1ccc(C(=O)C3CC3)cn1)C2. The first kappa shape index (κ1) is 29.8. The maximum atomic E-state index is 13.6. The van der Waals surface area contributed by atoms with Crippen molar-refractivity contribution in [2.75, 3.05) is 50.0 Å². The Kier molecular flexibility index (Phi) is 8.40. The van der Waals surface area contributed by atoms with Crippen LogP contribution < -0.4 is 15.5 Å². The average molecular weight is 599 g/mol. The van der Waals surface area contributed by atoms with E-state index in [1.54, 1.807) is 6.20 Å². The zero-order valence-electron chi connectivity index (χ0n) is 26.0. The van der Waals surface area contributed by atoms with E-state index in [1.165, 1.54) is 0 Å². The van der Waals surface area contributed by atoms with E-state index in [0.717, 1.165) is 60.8 Å². The van der Waals surface area contributed by atoms with Gasteiger partial charge in [-0.25, -0.2) is 9.78 Å². The van der Waals surface area contributed by atoms with Crippen LogP contribution in [-0.4, -0.2) is 82.1 Å². The second kappa shape index (κ2) is 12.4. The van der Waals surface area contributed by atoms with Gasteiger partial charge in [0.05, 0.1) is 0 Å². The number of carbonyl (C=O) groups is 3. The number of pyridine rings is 1. The minimum Gasteiger partial charge on any atom is -0.351 e. The Morgan fingerprint density at radius 1 is 1.00 bits per heavy atom. The van der Waals surface area contributed by atoms with Crippen LogP contribution in [0.1, 0.15) is 83.2 Å². The van der Waals surface area contributed by atoms with Gasteiger partial charge in [0, 0.05) is 92.4 Å². The highest BCUT2D eigenvalue weighted by molar-refractivity contribution is 5.99. The molecule has 44 heavy (non-hydrogen) atoms. The number of nitrogens with zero attached hydrogens (tertiary/aromatic N) is 6. The summed E-state index contributed by atoms with van der Waals surface area (Å²) in [5.41, 5.74) is 4.75. The Bertz CT molecular complexity index is 1520. The molecule has 0 bridgehead atoms. The molecule has 1 atom stereocenters. The summed E-state index contributed by atoms with van der Waals surface area (Å²) >= 11 is 0. The lowest BCUT2D eigenvalue weighted by atomic mass is 9.95. The first-order valence-corrected chi connectivity index (χ1v) is 15.7. The lowest BCUT2D eigenvalue weighted by Crippen LogP contribution is -2.48. The molecule has 2 aromatic heterocycles. The number of likely N-dealkylation sites (N-methyl/N-ethyl adjacent to an activating group) is 1. The maximum absolute atomic E-state index is 13.6. The van der Waals surface area contributed by atoms with Crippen LogP contribution in [0.25, 0.3) is 0 Å². The van der Waals surface area contributed by atoms with Crippen molar-refractivity contribution >= 4 is 29.2 Å². The third kappa shape index (κ3) is 6.33. The fourth-order valence-electron chi connectivity index (χ4n) is 6.07. The number of benzene rings is 1. The van der Waals surface area contributed by atoms with E-state index in [2.05, 4.69) is 53.2 Å². The van der Waals surface area contributed by atoms with Crippen molar-refractivity contribution in [2.24, 2.45) is 5.92 Å². The molecule has 6 rings (SSSR count). The van der Waals surface area contributed by atoms with Crippen molar-refractivity contribution in [3.05, 3.63) is 70.7 Å². The van der Waals surface area contributed by atoms with Gasteiger partial charge in [-0.05, 0) is 63.6 Å². The topological polar surface area (TPSA) is 116 Å². The predicted octanol–water partition coefficient (Wildman–Crippen LogP) is 4.28. The van der Waals surface area contributed by atoms with Gasteiger partial charge in [0.25, 0.3) is 5.91 Å². The Hall–Kier alpha value is -4.25. The lowest BCUT2D eigenvalue weighted by Gasteiger charge is -2.33. The summed E-state index contributed by atoms with van der Waals surface area (Å²) in [4.78, 5) is 49.5. The van der Waals surface area contributed by atoms with E-state index in [4.69, 9.17) is 5.10 Å². The van der Waals surface area contributed by atoms with Gasteiger partial charge in [-0.15, -0.1) is 0 Å². The van der Waals surface area contributed by atoms with Crippen molar-refractivity contribution < 1.29 is 14.4 Å². The molecule has 2 fully saturated rings. The molecule has 1 aromatic carbocycles. The molecule has 2 aliphatic heterocycles. The van der Waals surface area contributed by atoms with Crippen molar-refractivity contribution in [3.63, 3.8) is 0 Å². The summed E-state index contributed by atoms with van der Waals surface area (Å²) < 4.78 is 1.98. The maximum Gasteiger partial charge on any atom is 0.321 e. The van der Waals surface area contributed by atoms with Gasteiger partial charge in [0.1, 0.15) is 5.82 Å². The fraction of sp³-hybridized carbons (Fsp3) is 0.485. The normalized spacial score (nSPS) is 18.7. The second-order valence-electron chi connectivity index (χ2n) is 12.7. The highest BCUT2D eigenvalue weighted by Gasteiger charge is 2.34. The molecule has 4 heterocycles. The summed E-state index contributed by atoms with van der Waals surface area (Å²) in [5, 5.41) is 10.8. The molecule has 3 aromatic rings. The van der Waals surface area contributed by atoms with Crippen LogP contribution in [-0.2, 0) is 13.1 Å². The highest BCUT2D eigenvalue weighted by atomic mass is 16.2. The Morgan fingerprint density at radius 3 is 2.36 bits per heavy atom. The second-order valence-corrected chi connectivity index (χ2v) is 12.7. The molecule has 0 unspecified atom stereocenters. The molecular weight excluding hydrogens is 556 g/mol. The number of carbonyl (C=O) groups excluding carboxylic acids is 3. The molecule has 1 aliphatic carbocycles. The van der Waals surface area contributed by atoms with E-state index in [-0.39, 0.29) is 35.6 Å². The number of urea groups is 1. The van der Waals surface area contributed by atoms with Gasteiger partial charge >= 0.3 is 6.03 Å². The third-order valence-electron chi connectivity index (χ3n) is 8.82. The Morgan fingerprint density at radius 2 is 1.73 bits per heavy atom. The van der Waals surface area contributed by atoms with Crippen LogP contribution in [0.5, 0.6) is 0 Å². The first-order valence-electron chi connectivity index (χ1n) is 15.7. The van der Waals surface area contributed by atoms with Crippen LogP contribution >= 0.6 is 0 Å². The number of rotatable bonds is 8. The highest BCUT2D eigenvalue weighted by Crippen LogP contribution is 2.35. The van der Waals surface area contributed by atoms with Crippen LogP contribution in [0.4, 0.5) is 16.3 Å². The average Bonchev–Trinajstić information content (AvgIpc) is 3.80.